The molecular formula is C22H21N3OS2. The van der Waals surface area contributed by atoms with Crippen molar-refractivity contribution in [3.8, 4) is 0 Å². The van der Waals surface area contributed by atoms with Crippen molar-refractivity contribution in [2.24, 2.45) is 0 Å². The van der Waals surface area contributed by atoms with Crippen molar-refractivity contribution in [1.82, 2.24) is 9.97 Å². The Morgan fingerprint density at radius 2 is 1.75 bits per heavy atom. The smallest absolute Gasteiger partial charge is 0.266 e. The Balaban J connectivity index is 1.66. The van der Waals surface area contributed by atoms with Gasteiger partial charge in [0.1, 0.15) is 5.01 Å². The molecule has 0 bridgehead atoms. The van der Waals surface area contributed by atoms with Crippen LogP contribution in [0.5, 0.6) is 0 Å². The Hall–Kier alpha value is -2.70. The number of anilines is 1. The largest absolute Gasteiger partial charge is 0.372 e. The molecule has 28 heavy (non-hydrogen) atoms. The number of hydrogen-bond donors (Lipinski definition) is 1. The van der Waals surface area contributed by atoms with Crippen molar-refractivity contribution in [1.29, 1.82) is 0 Å². The zero-order chi connectivity index (χ0) is 19.5. The van der Waals surface area contributed by atoms with Crippen LogP contribution in [-0.2, 0) is 0 Å². The molecule has 4 nitrogen and oxygen atoms in total. The number of para-hydroxylation sites is 1. The summed E-state index contributed by atoms with van der Waals surface area (Å²) >= 11 is 3.08. The Kier molecular flexibility index (Phi) is 5.41. The van der Waals surface area contributed by atoms with Crippen LogP contribution in [0.2, 0.25) is 0 Å². The third kappa shape index (κ3) is 3.93. The third-order valence-corrected chi connectivity index (χ3v) is 6.51. The molecule has 0 radical (unpaired) electrons. The van der Waals surface area contributed by atoms with Gasteiger partial charge in [-0.15, -0.1) is 22.7 Å². The maximum atomic E-state index is 12.4. The number of rotatable bonds is 5. The second-order valence-electron chi connectivity index (χ2n) is 6.36. The Morgan fingerprint density at radius 3 is 2.46 bits per heavy atom. The number of aromatic nitrogens is 2. The minimum Gasteiger partial charge on any atom is -0.372 e. The molecule has 2 aromatic heterocycles. The van der Waals surface area contributed by atoms with E-state index in [1.165, 1.54) is 17.0 Å². The van der Waals surface area contributed by atoms with Crippen molar-refractivity contribution < 1.29 is 0 Å². The average Bonchev–Trinajstić information content (AvgIpc) is 3.26. The lowest BCUT2D eigenvalue weighted by atomic mass is 10.2. The van der Waals surface area contributed by atoms with Crippen LogP contribution in [-0.4, -0.2) is 23.1 Å². The van der Waals surface area contributed by atoms with E-state index in [9.17, 15) is 4.79 Å². The summed E-state index contributed by atoms with van der Waals surface area (Å²) in [4.78, 5) is 22.2. The van der Waals surface area contributed by atoms with E-state index in [-0.39, 0.29) is 5.56 Å². The zero-order valence-corrected chi connectivity index (χ0v) is 17.4. The topological polar surface area (TPSA) is 49.0 Å². The fourth-order valence-corrected chi connectivity index (χ4v) is 4.99. The molecule has 0 aliphatic heterocycles. The van der Waals surface area contributed by atoms with E-state index in [4.69, 9.17) is 0 Å². The average molecular weight is 408 g/mol. The number of hydrogen-bond acceptors (Lipinski definition) is 5. The van der Waals surface area contributed by atoms with Crippen molar-refractivity contribution in [2.75, 3.05) is 18.0 Å². The van der Waals surface area contributed by atoms with Crippen molar-refractivity contribution in [3.63, 3.8) is 0 Å². The SMILES string of the molecule is CCN(CC)c1ccc(/C=c2\s/c(=C/c3nc4ccccc4s3)[nH]c2=O)cc1. The van der Waals surface area contributed by atoms with E-state index in [2.05, 4.69) is 59.0 Å². The molecular weight excluding hydrogens is 386 g/mol. The highest BCUT2D eigenvalue weighted by Crippen LogP contribution is 2.21. The lowest BCUT2D eigenvalue weighted by Gasteiger charge is -2.20. The summed E-state index contributed by atoms with van der Waals surface area (Å²) < 4.78 is 2.66. The van der Waals surface area contributed by atoms with Crippen molar-refractivity contribution in [3.05, 3.63) is 78.7 Å². The first-order valence-electron chi connectivity index (χ1n) is 9.29. The monoisotopic (exact) mass is 407 g/mol. The Bertz CT molecular complexity index is 1230. The molecule has 0 atom stereocenters. The van der Waals surface area contributed by atoms with Crippen LogP contribution in [0.15, 0.2) is 53.3 Å². The van der Waals surface area contributed by atoms with E-state index in [1.54, 1.807) is 11.3 Å². The van der Waals surface area contributed by atoms with Gasteiger partial charge in [0.15, 0.2) is 0 Å². The van der Waals surface area contributed by atoms with Gasteiger partial charge in [0.2, 0.25) is 0 Å². The number of nitrogens with zero attached hydrogens (tertiary/aromatic N) is 2. The molecule has 4 rings (SSSR count). The summed E-state index contributed by atoms with van der Waals surface area (Å²) in [6.07, 6.45) is 3.88. The second-order valence-corrected chi connectivity index (χ2v) is 8.50. The van der Waals surface area contributed by atoms with Crippen LogP contribution in [0.1, 0.15) is 24.4 Å². The Morgan fingerprint density at radius 1 is 1.00 bits per heavy atom. The minimum atomic E-state index is -0.0646. The van der Waals surface area contributed by atoms with Gasteiger partial charge in [0, 0.05) is 24.9 Å². The normalized spacial score (nSPS) is 12.8. The van der Waals surface area contributed by atoms with Gasteiger partial charge in [-0.1, -0.05) is 24.3 Å². The van der Waals surface area contributed by atoms with Crippen LogP contribution in [0.25, 0.3) is 22.4 Å². The highest BCUT2D eigenvalue weighted by molar-refractivity contribution is 7.19. The molecule has 0 aliphatic carbocycles. The molecule has 6 heteroatoms. The summed E-state index contributed by atoms with van der Waals surface area (Å²) in [5, 5.41) is 0.897. The molecule has 0 saturated carbocycles. The fourth-order valence-electron chi connectivity index (χ4n) is 3.11. The van der Waals surface area contributed by atoms with E-state index in [0.29, 0.717) is 4.53 Å². The maximum absolute atomic E-state index is 12.4. The number of aromatic amines is 1. The maximum Gasteiger partial charge on any atom is 0.266 e. The van der Waals surface area contributed by atoms with Gasteiger partial charge in [-0.2, -0.15) is 0 Å². The zero-order valence-electron chi connectivity index (χ0n) is 15.8. The predicted octanol–water partition coefficient (Wildman–Crippen LogP) is 3.55. The number of benzene rings is 2. The van der Waals surface area contributed by atoms with E-state index in [1.807, 2.05) is 30.4 Å². The molecule has 0 aliphatic rings. The molecule has 2 heterocycles. The second kappa shape index (κ2) is 8.12. The number of nitrogens with one attached hydrogen (secondary N) is 1. The summed E-state index contributed by atoms with van der Waals surface area (Å²) in [6, 6.07) is 16.4. The summed E-state index contributed by atoms with van der Waals surface area (Å²) in [6.45, 7) is 6.26. The van der Waals surface area contributed by atoms with E-state index >= 15 is 0 Å². The van der Waals surface area contributed by atoms with Crippen LogP contribution in [0.4, 0.5) is 5.69 Å². The highest BCUT2D eigenvalue weighted by Gasteiger charge is 2.03. The van der Waals surface area contributed by atoms with Gasteiger partial charge < -0.3 is 9.88 Å². The predicted molar refractivity (Wildman–Crippen MR) is 121 cm³/mol. The lowest BCUT2D eigenvalue weighted by Crippen LogP contribution is -2.21. The van der Waals surface area contributed by atoms with Gasteiger partial charge in [0.05, 0.1) is 19.4 Å². The molecule has 2 aromatic carbocycles. The van der Waals surface area contributed by atoms with E-state index in [0.717, 1.165) is 38.5 Å². The van der Waals surface area contributed by atoms with Gasteiger partial charge in [-0.3, -0.25) is 4.79 Å². The first-order chi connectivity index (χ1) is 13.7. The first kappa shape index (κ1) is 18.7. The van der Waals surface area contributed by atoms with Crippen LogP contribution < -0.4 is 19.7 Å². The van der Waals surface area contributed by atoms with Gasteiger partial charge in [-0.25, -0.2) is 4.98 Å². The molecule has 0 amide bonds. The number of fused-ring (bicyclic) bond motifs is 1. The first-order valence-corrected chi connectivity index (χ1v) is 10.9. The molecule has 0 unspecified atom stereocenters. The quantitative estimate of drug-likeness (QED) is 0.550. The van der Waals surface area contributed by atoms with Crippen LogP contribution >= 0.6 is 22.7 Å². The summed E-state index contributed by atoms with van der Waals surface area (Å²) in [5.74, 6) is 0. The van der Waals surface area contributed by atoms with Crippen LogP contribution in [0, 0.1) is 0 Å². The summed E-state index contributed by atoms with van der Waals surface area (Å²) in [7, 11) is 0. The summed E-state index contributed by atoms with van der Waals surface area (Å²) in [5.41, 5.74) is 3.14. The molecule has 0 spiro atoms. The van der Waals surface area contributed by atoms with Gasteiger partial charge >= 0.3 is 0 Å². The molecule has 4 aromatic rings. The van der Waals surface area contributed by atoms with Crippen molar-refractivity contribution >= 4 is 50.7 Å². The standard InChI is InChI=1S/C22H21N3OS2/c1-3-25(4-2)16-11-9-15(10-12-16)13-19-22(26)24-21(28-19)14-20-23-17-7-5-6-8-18(17)27-20/h5-14H,3-4H2,1-2H3,(H,24,26)/b19-13-,21-14+. The van der Waals surface area contributed by atoms with Crippen LogP contribution in [0.3, 0.4) is 0 Å². The molecule has 142 valence electrons. The third-order valence-electron chi connectivity index (χ3n) is 4.56. The minimum absolute atomic E-state index is 0.0646. The van der Waals surface area contributed by atoms with Gasteiger partial charge in [-0.05, 0) is 49.8 Å². The number of thiazole rings is 2. The molecule has 1 N–H and O–H groups in total. The number of H-pyrrole nitrogens is 1. The highest BCUT2D eigenvalue weighted by atomic mass is 32.1. The lowest BCUT2D eigenvalue weighted by molar-refractivity contribution is 0.866. The molecule has 0 saturated heterocycles. The van der Waals surface area contributed by atoms with Gasteiger partial charge in [0.25, 0.3) is 5.56 Å². The van der Waals surface area contributed by atoms with Crippen molar-refractivity contribution in [2.45, 2.75) is 13.8 Å². The molecule has 0 fully saturated rings. The van der Waals surface area contributed by atoms with E-state index < -0.39 is 0 Å². The fraction of sp³-hybridized carbons (Fsp3) is 0.182. The Labute approximate surface area is 171 Å².